The molecular formula is C18H19Cl2NO5. The summed E-state index contributed by atoms with van der Waals surface area (Å²) in [6.45, 7) is 3.37. The molecule has 0 saturated heterocycles. The molecule has 0 unspecified atom stereocenters. The van der Waals surface area contributed by atoms with E-state index in [2.05, 4.69) is 9.47 Å². The minimum absolute atomic E-state index is 0.00657. The number of aromatic hydroxyl groups is 1. The van der Waals surface area contributed by atoms with Crippen LogP contribution in [0.15, 0.2) is 24.3 Å². The molecule has 0 heterocycles. The molecule has 0 aliphatic heterocycles. The van der Waals surface area contributed by atoms with Crippen LogP contribution < -0.4 is 5.73 Å². The van der Waals surface area contributed by atoms with E-state index in [0.29, 0.717) is 32.4 Å². The average molecular weight is 400 g/mol. The Bertz CT molecular complexity index is 767. The molecule has 0 spiro atoms. The number of phenols is 1. The number of halogens is 2. The minimum atomic E-state index is -0.504. The third kappa shape index (κ3) is 5.28. The van der Waals surface area contributed by atoms with Crippen LogP contribution in [0.5, 0.6) is 5.75 Å². The lowest BCUT2D eigenvalue weighted by Gasteiger charge is -2.06. The first-order valence-corrected chi connectivity index (χ1v) is 8.09. The molecule has 2 rings (SSSR count). The molecular weight excluding hydrogens is 381 g/mol. The molecule has 2 aromatic carbocycles. The summed E-state index contributed by atoms with van der Waals surface area (Å²) in [7, 11) is 2.60. The molecule has 0 amide bonds. The fourth-order valence-corrected chi connectivity index (χ4v) is 2.45. The Morgan fingerprint density at radius 1 is 0.885 bits per heavy atom. The van der Waals surface area contributed by atoms with Gasteiger partial charge < -0.3 is 20.3 Å². The molecule has 0 aliphatic rings. The Morgan fingerprint density at radius 3 is 1.77 bits per heavy atom. The Hall–Kier alpha value is -2.44. The van der Waals surface area contributed by atoms with Crippen molar-refractivity contribution in [2.45, 2.75) is 13.8 Å². The molecule has 3 N–H and O–H groups in total. The summed E-state index contributed by atoms with van der Waals surface area (Å²) in [6.07, 6.45) is 0. The largest absolute Gasteiger partial charge is 0.508 e. The molecule has 0 aliphatic carbocycles. The Labute approximate surface area is 161 Å². The number of nitrogen functional groups attached to an aromatic ring is 1. The summed E-state index contributed by atoms with van der Waals surface area (Å²) in [5, 5.41) is 10.1. The van der Waals surface area contributed by atoms with Gasteiger partial charge in [0.05, 0.1) is 25.3 Å². The van der Waals surface area contributed by atoms with Gasteiger partial charge in [-0.05, 0) is 43.7 Å². The number of anilines is 1. The van der Waals surface area contributed by atoms with E-state index in [4.69, 9.17) is 28.9 Å². The zero-order chi connectivity index (χ0) is 20.0. The number of hydrogen-bond donors (Lipinski definition) is 2. The first-order valence-electron chi connectivity index (χ1n) is 7.33. The standard InChI is InChI=1S/C9H10ClNO2.C9H9ClO3/c2*1-5-7(9(12)13-2)3-6(10)4-8(5)11/h3-4H,11H2,1-2H3;3-4,11H,1-2H3. The van der Waals surface area contributed by atoms with E-state index in [1.807, 2.05) is 0 Å². The second kappa shape index (κ2) is 9.31. The number of rotatable bonds is 2. The van der Waals surface area contributed by atoms with Gasteiger partial charge in [0.1, 0.15) is 5.75 Å². The summed E-state index contributed by atoms with van der Waals surface area (Å²) in [5.41, 5.74) is 7.97. The van der Waals surface area contributed by atoms with Crippen molar-refractivity contribution < 1.29 is 24.2 Å². The molecule has 0 saturated carbocycles. The summed E-state index contributed by atoms with van der Waals surface area (Å²) in [4.78, 5) is 22.3. The fraction of sp³-hybridized carbons (Fsp3) is 0.222. The van der Waals surface area contributed by atoms with Crippen molar-refractivity contribution in [3.05, 3.63) is 56.6 Å². The number of methoxy groups -OCH3 is 2. The van der Waals surface area contributed by atoms with Crippen molar-refractivity contribution in [3.63, 3.8) is 0 Å². The van der Waals surface area contributed by atoms with Crippen LogP contribution in [0.25, 0.3) is 0 Å². The predicted octanol–water partition coefficient (Wildman–Crippen LogP) is 4.16. The van der Waals surface area contributed by atoms with Crippen molar-refractivity contribution in [2.24, 2.45) is 0 Å². The molecule has 8 heteroatoms. The van der Waals surface area contributed by atoms with Gasteiger partial charge in [0.25, 0.3) is 0 Å². The lowest BCUT2D eigenvalue weighted by molar-refractivity contribution is 0.0591. The van der Waals surface area contributed by atoms with E-state index in [1.54, 1.807) is 26.0 Å². The second-order valence-electron chi connectivity index (χ2n) is 5.25. The highest BCUT2D eigenvalue weighted by Crippen LogP contribution is 2.26. The van der Waals surface area contributed by atoms with Gasteiger partial charge in [-0.15, -0.1) is 0 Å². The molecule has 0 radical (unpaired) electrons. The van der Waals surface area contributed by atoms with Crippen LogP contribution in [0, 0.1) is 13.8 Å². The second-order valence-corrected chi connectivity index (χ2v) is 6.12. The normalized spacial score (nSPS) is 9.77. The summed E-state index contributed by atoms with van der Waals surface area (Å²) < 4.78 is 9.09. The van der Waals surface area contributed by atoms with Crippen molar-refractivity contribution in [1.82, 2.24) is 0 Å². The zero-order valence-corrected chi connectivity index (χ0v) is 16.2. The number of phenolic OH excluding ortho intramolecular Hbond substituents is 1. The van der Waals surface area contributed by atoms with Crippen LogP contribution >= 0.6 is 23.2 Å². The molecule has 0 atom stereocenters. The first-order chi connectivity index (χ1) is 12.1. The lowest BCUT2D eigenvalue weighted by atomic mass is 10.1. The molecule has 0 aromatic heterocycles. The van der Waals surface area contributed by atoms with Crippen molar-refractivity contribution in [1.29, 1.82) is 0 Å². The molecule has 2 aromatic rings. The van der Waals surface area contributed by atoms with Crippen LogP contribution in [0.1, 0.15) is 31.8 Å². The number of ether oxygens (including phenoxy) is 2. The Morgan fingerprint density at radius 2 is 1.31 bits per heavy atom. The molecule has 0 fully saturated rings. The number of carbonyl (C=O) groups is 2. The van der Waals surface area contributed by atoms with Gasteiger partial charge in [-0.3, -0.25) is 0 Å². The van der Waals surface area contributed by atoms with E-state index in [9.17, 15) is 14.7 Å². The van der Waals surface area contributed by atoms with Gasteiger partial charge in [0.2, 0.25) is 0 Å². The van der Waals surface area contributed by atoms with E-state index in [0.717, 1.165) is 0 Å². The minimum Gasteiger partial charge on any atom is -0.508 e. The highest BCUT2D eigenvalue weighted by atomic mass is 35.5. The average Bonchev–Trinajstić information content (AvgIpc) is 2.60. The van der Waals surface area contributed by atoms with Crippen molar-refractivity contribution in [3.8, 4) is 5.75 Å². The van der Waals surface area contributed by atoms with Gasteiger partial charge in [0.15, 0.2) is 0 Å². The first kappa shape index (κ1) is 21.6. The quantitative estimate of drug-likeness (QED) is 0.580. The van der Waals surface area contributed by atoms with Crippen LogP contribution in [-0.4, -0.2) is 31.3 Å². The van der Waals surface area contributed by atoms with Gasteiger partial charge in [0, 0.05) is 21.3 Å². The lowest BCUT2D eigenvalue weighted by Crippen LogP contribution is -2.05. The molecule has 6 nitrogen and oxygen atoms in total. The van der Waals surface area contributed by atoms with Gasteiger partial charge in [-0.2, -0.15) is 0 Å². The van der Waals surface area contributed by atoms with Crippen LogP contribution in [-0.2, 0) is 9.47 Å². The highest BCUT2D eigenvalue weighted by Gasteiger charge is 2.13. The summed E-state index contributed by atoms with van der Waals surface area (Å²) in [5.74, 6) is -0.935. The number of benzene rings is 2. The third-order valence-corrected chi connectivity index (χ3v) is 4.00. The maximum absolute atomic E-state index is 11.2. The van der Waals surface area contributed by atoms with Gasteiger partial charge >= 0.3 is 11.9 Å². The summed E-state index contributed by atoms with van der Waals surface area (Å²) in [6, 6.07) is 5.98. The van der Waals surface area contributed by atoms with Gasteiger partial charge in [-0.1, -0.05) is 23.2 Å². The number of nitrogens with two attached hydrogens (primary N) is 1. The topological polar surface area (TPSA) is 98.9 Å². The van der Waals surface area contributed by atoms with E-state index >= 15 is 0 Å². The Balaban J connectivity index is 0.000000260. The highest BCUT2D eigenvalue weighted by molar-refractivity contribution is 6.31. The van der Waals surface area contributed by atoms with Gasteiger partial charge in [-0.25, -0.2) is 9.59 Å². The van der Waals surface area contributed by atoms with E-state index in [-0.39, 0.29) is 11.3 Å². The molecule has 140 valence electrons. The fourth-order valence-electron chi connectivity index (χ4n) is 2.01. The Kier molecular flexibility index (Phi) is 7.74. The maximum Gasteiger partial charge on any atom is 0.338 e. The monoisotopic (exact) mass is 399 g/mol. The van der Waals surface area contributed by atoms with Crippen LogP contribution in [0.2, 0.25) is 10.0 Å². The van der Waals surface area contributed by atoms with Crippen LogP contribution in [0.4, 0.5) is 5.69 Å². The molecule has 26 heavy (non-hydrogen) atoms. The zero-order valence-electron chi connectivity index (χ0n) is 14.7. The van der Waals surface area contributed by atoms with Crippen LogP contribution in [0.3, 0.4) is 0 Å². The smallest absolute Gasteiger partial charge is 0.338 e. The number of hydrogen-bond acceptors (Lipinski definition) is 6. The summed E-state index contributed by atoms with van der Waals surface area (Å²) >= 11 is 11.4. The third-order valence-electron chi connectivity index (χ3n) is 3.57. The maximum atomic E-state index is 11.2. The number of carbonyl (C=O) groups excluding carboxylic acids is 2. The number of esters is 2. The SMILES string of the molecule is COC(=O)c1cc(Cl)cc(N)c1C.COC(=O)c1cc(Cl)cc(O)c1C. The van der Waals surface area contributed by atoms with Crippen molar-refractivity contribution in [2.75, 3.05) is 20.0 Å². The van der Waals surface area contributed by atoms with Crippen molar-refractivity contribution >= 4 is 40.8 Å². The van der Waals surface area contributed by atoms with E-state index < -0.39 is 11.9 Å². The molecule has 0 bridgehead atoms. The van der Waals surface area contributed by atoms with E-state index in [1.165, 1.54) is 26.4 Å². The predicted molar refractivity (Wildman–Crippen MR) is 101 cm³/mol.